The number of nitrogens with one attached hydrogen (secondary N) is 1. The monoisotopic (exact) mass is 679 g/mol. The van der Waals surface area contributed by atoms with E-state index in [0.29, 0.717) is 75.8 Å². The molecule has 0 spiro atoms. The number of ether oxygens (including phenoxy) is 2. The average Bonchev–Trinajstić information content (AvgIpc) is 3.54. The number of carbonyl (C=O) groups excluding carboxylic acids is 2. The van der Waals surface area contributed by atoms with Crippen LogP contribution in [0.25, 0.3) is 5.69 Å². The number of Topliss-reactive ketones (excluding diaryl/α,β-unsaturated/α-hetero) is 1. The molecule has 2 aromatic carbocycles. The smallest absolute Gasteiger partial charge is 0.328 e. The fourth-order valence-corrected chi connectivity index (χ4v) is 5.93. The lowest BCUT2D eigenvalue weighted by Gasteiger charge is -2.37. The van der Waals surface area contributed by atoms with E-state index < -0.39 is 11.9 Å². The Hall–Kier alpha value is -4.95. The molecule has 1 amide bonds. The third-order valence-corrected chi connectivity index (χ3v) is 8.24. The molecule has 0 bridgehead atoms. The summed E-state index contributed by atoms with van der Waals surface area (Å²) < 4.78 is 26.5. The van der Waals surface area contributed by atoms with Gasteiger partial charge in [-0.05, 0) is 67.6 Å². The number of hydrogen-bond acceptors (Lipinski definition) is 9. The standard InChI is InChI=1S/C31H38FN5O4.C4H4O4/c1-21(2)16-27(22-17-23(19-33-18-22)31(39)36-12-14-40-15-13-36)30(38)29-28(20-41-26-10-8-24(32)9-11-26)37(35-34-29)25-6-4-3-5-7-25;5-3(6)1-2-4(7)8/h3-11,21-23,27,33H,12-20H2,1-2H3;1-2H,(H,5,6)(H,7,8)/b;2-1+/t22-,23+,27?;/m0./s1. The Labute approximate surface area is 283 Å². The predicted octanol–water partition coefficient (Wildman–Crippen LogP) is 3.63. The van der Waals surface area contributed by atoms with Crippen LogP contribution in [0, 0.1) is 29.5 Å². The van der Waals surface area contributed by atoms with Crippen molar-refractivity contribution in [1.29, 1.82) is 0 Å². The molecule has 2 aliphatic rings. The van der Waals surface area contributed by atoms with Gasteiger partial charge in [0.05, 0.1) is 24.8 Å². The number of nitrogens with zero attached hydrogens (tertiary/aromatic N) is 4. The molecule has 0 radical (unpaired) electrons. The lowest BCUT2D eigenvalue weighted by molar-refractivity contribution is -0.141. The molecule has 5 rings (SSSR count). The van der Waals surface area contributed by atoms with Gasteiger partial charge in [-0.15, -0.1) is 5.10 Å². The number of carbonyl (C=O) groups is 4. The number of ketones is 1. The average molecular weight is 680 g/mol. The van der Waals surface area contributed by atoms with Gasteiger partial charge in [0.1, 0.15) is 23.9 Å². The highest BCUT2D eigenvalue weighted by Crippen LogP contribution is 2.33. The van der Waals surface area contributed by atoms with E-state index in [4.69, 9.17) is 19.7 Å². The van der Waals surface area contributed by atoms with Gasteiger partial charge < -0.3 is 29.9 Å². The number of aliphatic carboxylic acids is 2. The molecule has 1 unspecified atom stereocenters. The number of carboxylic acids is 2. The summed E-state index contributed by atoms with van der Waals surface area (Å²) in [5.74, 6) is -2.64. The van der Waals surface area contributed by atoms with Crippen LogP contribution < -0.4 is 10.1 Å². The predicted molar refractivity (Wildman–Crippen MR) is 176 cm³/mol. The van der Waals surface area contributed by atoms with E-state index in [9.17, 15) is 23.6 Å². The third-order valence-electron chi connectivity index (χ3n) is 8.24. The van der Waals surface area contributed by atoms with E-state index in [1.807, 2.05) is 35.2 Å². The largest absolute Gasteiger partial charge is 0.487 e. The number of aromatic nitrogens is 3. The van der Waals surface area contributed by atoms with Crippen molar-refractivity contribution >= 4 is 23.6 Å². The van der Waals surface area contributed by atoms with Crippen LogP contribution in [-0.2, 0) is 25.7 Å². The summed E-state index contributed by atoms with van der Waals surface area (Å²) >= 11 is 0. The van der Waals surface area contributed by atoms with Crippen molar-refractivity contribution in [2.75, 3.05) is 39.4 Å². The highest BCUT2D eigenvalue weighted by Gasteiger charge is 2.39. The minimum Gasteiger partial charge on any atom is -0.487 e. The second-order valence-corrected chi connectivity index (χ2v) is 12.3. The summed E-state index contributed by atoms with van der Waals surface area (Å²) in [5, 5.41) is 27.8. The lowest BCUT2D eigenvalue weighted by atomic mass is 9.75. The van der Waals surface area contributed by atoms with Crippen LogP contribution in [-0.4, -0.2) is 93.1 Å². The molecule has 3 aromatic rings. The number of hydrogen-bond donors (Lipinski definition) is 3. The Bertz CT molecular complexity index is 1570. The molecule has 3 heterocycles. The zero-order chi connectivity index (χ0) is 35.3. The van der Waals surface area contributed by atoms with Crippen LogP contribution in [0.1, 0.15) is 42.9 Å². The molecule has 3 N–H and O–H groups in total. The minimum absolute atomic E-state index is 0.0265. The maximum atomic E-state index is 14.3. The molecule has 3 atom stereocenters. The first-order valence-electron chi connectivity index (χ1n) is 16.2. The van der Waals surface area contributed by atoms with Gasteiger partial charge in [0.15, 0.2) is 11.5 Å². The molecule has 0 aliphatic carbocycles. The summed E-state index contributed by atoms with van der Waals surface area (Å²) in [6, 6.07) is 15.2. The molecule has 2 saturated heterocycles. The van der Waals surface area contributed by atoms with E-state index in [2.05, 4.69) is 29.5 Å². The van der Waals surface area contributed by atoms with Gasteiger partial charge in [0.2, 0.25) is 5.91 Å². The number of morpholine rings is 1. The van der Waals surface area contributed by atoms with Crippen LogP contribution in [0.3, 0.4) is 0 Å². The number of rotatable bonds is 12. The Morgan fingerprint density at radius 3 is 2.27 bits per heavy atom. The molecule has 2 aliphatic heterocycles. The molecule has 262 valence electrons. The Balaban J connectivity index is 0.000000603. The number of amides is 1. The van der Waals surface area contributed by atoms with E-state index >= 15 is 0 Å². The zero-order valence-electron chi connectivity index (χ0n) is 27.5. The number of carboxylic acid groups (broad SMARTS) is 2. The van der Waals surface area contributed by atoms with E-state index in [1.54, 1.807) is 16.8 Å². The van der Waals surface area contributed by atoms with Crippen molar-refractivity contribution in [3.63, 3.8) is 0 Å². The van der Waals surface area contributed by atoms with Crippen molar-refractivity contribution < 1.29 is 43.3 Å². The molecule has 14 heteroatoms. The van der Waals surface area contributed by atoms with Crippen LogP contribution in [0.5, 0.6) is 5.75 Å². The van der Waals surface area contributed by atoms with Gasteiger partial charge in [0.25, 0.3) is 0 Å². The van der Waals surface area contributed by atoms with Gasteiger partial charge >= 0.3 is 11.9 Å². The Kier molecular flexibility index (Phi) is 13.5. The first-order valence-corrected chi connectivity index (χ1v) is 16.2. The van der Waals surface area contributed by atoms with Gasteiger partial charge in [0, 0.05) is 37.7 Å². The Morgan fingerprint density at radius 1 is 1.00 bits per heavy atom. The molecular formula is C35H42FN5O8. The zero-order valence-corrected chi connectivity index (χ0v) is 27.5. The van der Waals surface area contributed by atoms with Crippen molar-refractivity contribution in [3.8, 4) is 11.4 Å². The maximum absolute atomic E-state index is 14.3. The first-order chi connectivity index (χ1) is 23.5. The summed E-state index contributed by atoms with van der Waals surface area (Å²) in [6.07, 6.45) is 2.42. The maximum Gasteiger partial charge on any atom is 0.328 e. The molecule has 1 aromatic heterocycles. The van der Waals surface area contributed by atoms with Gasteiger partial charge in [-0.25, -0.2) is 18.7 Å². The SMILES string of the molecule is CC(C)CC(C(=O)c1nnn(-c2ccccc2)c1COc1ccc(F)cc1)[C@@H]1CNC[C@H](C(=O)N2CCOCC2)C1.O=C(O)/C=C/C(=O)O. The molecule has 13 nitrogen and oxygen atoms in total. The van der Waals surface area contributed by atoms with E-state index in [0.717, 1.165) is 5.69 Å². The van der Waals surface area contributed by atoms with Gasteiger partial charge in [-0.3, -0.25) is 9.59 Å². The normalized spacial score (nSPS) is 18.4. The van der Waals surface area contributed by atoms with Crippen molar-refractivity contribution in [1.82, 2.24) is 25.2 Å². The fourth-order valence-electron chi connectivity index (χ4n) is 5.93. The third kappa shape index (κ3) is 10.8. The van der Waals surface area contributed by atoms with Crippen molar-refractivity contribution in [2.24, 2.45) is 23.7 Å². The minimum atomic E-state index is -1.26. The first kappa shape index (κ1) is 36.9. The molecule has 2 fully saturated rings. The highest BCUT2D eigenvalue weighted by atomic mass is 19.1. The van der Waals surface area contributed by atoms with Crippen molar-refractivity contribution in [2.45, 2.75) is 33.3 Å². The van der Waals surface area contributed by atoms with Gasteiger partial charge in [-0.1, -0.05) is 37.3 Å². The van der Waals surface area contributed by atoms with E-state index in [1.165, 1.54) is 12.1 Å². The number of piperidine rings is 1. The summed E-state index contributed by atoms with van der Waals surface area (Å²) in [5.41, 5.74) is 1.56. The second kappa shape index (κ2) is 18.0. The second-order valence-electron chi connectivity index (χ2n) is 12.3. The van der Waals surface area contributed by atoms with E-state index in [-0.39, 0.29) is 53.5 Å². The van der Waals surface area contributed by atoms with Crippen LogP contribution in [0.15, 0.2) is 66.7 Å². The van der Waals surface area contributed by atoms with Crippen LogP contribution in [0.2, 0.25) is 0 Å². The molecule has 49 heavy (non-hydrogen) atoms. The molecular weight excluding hydrogens is 637 g/mol. The number of para-hydroxylation sites is 1. The molecule has 0 saturated carbocycles. The van der Waals surface area contributed by atoms with Crippen LogP contribution in [0.4, 0.5) is 4.39 Å². The lowest BCUT2D eigenvalue weighted by Crippen LogP contribution is -2.50. The summed E-state index contributed by atoms with van der Waals surface area (Å²) in [4.78, 5) is 48.6. The highest BCUT2D eigenvalue weighted by molar-refractivity contribution is 5.97. The van der Waals surface area contributed by atoms with Crippen LogP contribution >= 0.6 is 0 Å². The topological polar surface area (TPSA) is 173 Å². The Morgan fingerprint density at radius 2 is 1.65 bits per heavy atom. The number of benzene rings is 2. The van der Waals surface area contributed by atoms with Gasteiger partial charge in [-0.2, -0.15) is 0 Å². The summed E-state index contributed by atoms with van der Waals surface area (Å²) in [7, 11) is 0. The van der Waals surface area contributed by atoms with Crippen molar-refractivity contribution in [3.05, 3.63) is 84.0 Å². The number of halogens is 1. The fraction of sp³-hybridized carbons (Fsp3) is 0.429. The quantitative estimate of drug-likeness (QED) is 0.189. The summed E-state index contributed by atoms with van der Waals surface area (Å²) in [6.45, 7) is 7.83.